The molecule has 0 saturated carbocycles. The number of nitrogens with one attached hydrogen (secondary N) is 2. The van der Waals surface area contributed by atoms with Crippen molar-refractivity contribution >= 4 is 56.4 Å². The molecule has 0 bridgehead atoms. The summed E-state index contributed by atoms with van der Waals surface area (Å²) in [4.78, 5) is 40.5. The van der Waals surface area contributed by atoms with Gasteiger partial charge < -0.3 is 25.0 Å². The first-order valence-corrected chi connectivity index (χ1v) is 11.9. The van der Waals surface area contributed by atoms with Crippen LogP contribution >= 0.6 is 27.3 Å². The number of carbonyl (C=O) groups excluding carboxylic acids is 3. The second kappa shape index (κ2) is 9.70. The maximum Gasteiger partial charge on any atom is 0.262 e. The molecular formula is C22H24BrN3O5S. The molecule has 3 heterocycles. The Kier molecular flexibility index (Phi) is 6.94. The Morgan fingerprint density at radius 2 is 2.00 bits per heavy atom. The first kappa shape index (κ1) is 22.9. The minimum Gasteiger partial charge on any atom is -0.379 e. The first-order chi connectivity index (χ1) is 15.4. The molecule has 32 heavy (non-hydrogen) atoms. The summed E-state index contributed by atoms with van der Waals surface area (Å²) in [5, 5.41) is 5.79. The Bertz CT molecular complexity index is 1030. The van der Waals surface area contributed by atoms with Crippen LogP contribution in [0.1, 0.15) is 28.1 Å². The van der Waals surface area contributed by atoms with Gasteiger partial charge in [0.15, 0.2) is 0 Å². The van der Waals surface area contributed by atoms with E-state index in [1.54, 1.807) is 23.1 Å². The Morgan fingerprint density at radius 3 is 2.69 bits per heavy atom. The fourth-order valence-corrected chi connectivity index (χ4v) is 5.11. The molecule has 2 aliphatic heterocycles. The van der Waals surface area contributed by atoms with Gasteiger partial charge in [0.2, 0.25) is 5.91 Å². The molecular weight excluding hydrogens is 498 g/mol. The van der Waals surface area contributed by atoms with Crippen molar-refractivity contribution in [3.8, 4) is 0 Å². The van der Waals surface area contributed by atoms with Crippen molar-refractivity contribution in [3.63, 3.8) is 0 Å². The van der Waals surface area contributed by atoms with Crippen LogP contribution < -0.4 is 15.5 Å². The molecule has 2 fully saturated rings. The van der Waals surface area contributed by atoms with E-state index >= 15 is 0 Å². The summed E-state index contributed by atoms with van der Waals surface area (Å²) < 4.78 is 11.7. The molecule has 1 atom stereocenters. The van der Waals surface area contributed by atoms with Crippen molar-refractivity contribution in [2.75, 3.05) is 43.2 Å². The highest BCUT2D eigenvalue weighted by Gasteiger charge is 2.44. The molecule has 1 aromatic carbocycles. The summed E-state index contributed by atoms with van der Waals surface area (Å²) in [7, 11) is 0. The number of carbonyl (C=O) groups is 3. The van der Waals surface area contributed by atoms with Gasteiger partial charge in [-0.25, -0.2) is 0 Å². The van der Waals surface area contributed by atoms with Crippen LogP contribution in [0, 0.1) is 6.92 Å². The van der Waals surface area contributed by atoms with E-state index in [1.807, 2.05) is 19.1 Å². The Labute approximate surface area is 198 Å². The van der Waals surface area contributed by atoms with Gasteiger partial charge in [0.25, 0.3) is 11.8 Å². The van der Waals surface area contributed by atoms with Gasteiger partial charge in [0, 0.05) is 30.9 Å². The number of benzene rings is 1. The number of hydrogen-bond donors (Lipinski definition) is 2. The topological polar surface area (TPSA) is 97.0 Å². The van der Waals surface area contributed by atoms with Gasteiger partial charge in [-0.1, -0.05) is 0 Å². The van der Waals surface area contributed by atoms with E-state index in [4.69, 9.17) is 9.47 Å². The third-order valence-corrected chi connectivity index (χ3v) is 7.19. The Morgan fingerprint density at radius 1 is 1.16 bits per heavy atom. The monoisotopic (exact) mass is 521 g/mol. The lowest BCUT2D eigenvalue weighted by Crippen LogP contribution is -2.57. The maximum absolute atomic E-state index is 13.2. The minimum absolute atomic E-state index is 0.0207. The number of halogens is 1. The highest BCUT2D eigenvalue weighted by molar-refractivity contribution is 9.11. The SMILES string of the molecule is Cc1cc(NC(=O)[C@@]2(NC(=O)c3ccc(Br)s3)CCOC2)ccc1N1CCOCCC1=O. The fourth-order valence-electron chi connectivity index (χ4n) is 3.83. The third-order valence-electron chi connectivity index (χ3n) is 5.57. The van der Waals surface area contributed by atoms with Crippen LogP contribution in [0.15, 0.2) is 34.1 Å². The predicted molar refractivity (Wildman–Crippen MR) is 125 cm³/mol. The molecule has 3 amide bonds. The van der Waals surface area contributed by atoms with Crippen LogP contribution in [0.25, 0.3) is 0 Å². The number of ether oxygens (including phenoxy) is 2. The summed E-state index contributed by atoms with van der Waals surface area (Å²) in [5.41, 5.74) is 1.11. The summed E-state index contributed by atoms with van der Waals surface area (Å²) in [6.07, 6.45) is 0.734. The summed E-state index contributed by atoms with van der Waals surface area (Å²) >= 11 is 4.66. The van der Waals surface area contributed by atoms with Crippen LogP contribution in [-0.2, 0) is 19.1 Å². The van der Waals surface area contributed by atoms with E-state index in [9.17, 15) is 14.4 Å². The van der Waals surface area contributed by atoms with Crippen molar-refractivity contribution in [3.05, 3.63) is 44.6 Å². The Hall–Kier alpha value is -2.27. The molecule has 10 heteroatoms. The lowest BCUT2D eigenvalue weighted by atomic mass is 9.96. The third kappa shape index (κ3) is 4.88. The van der Waals surface area contributed by atoms with E-state index in [-0.39, 0.29) is 24.3 Å². The number of aryl methyl sites for hydroxylation is 1. The van der Waals surface area contributed by atoms with Crippen molar-refractivity contribution in [2.45, 2.75) is 25.3 Å². The van der Waals surface area contributed by atoms with Crippen molar-refractivity contribution in [1.29, 1.82) is 0 Å². The highest BCUT2D eigenvalue weighted by Crippen LogP contribution is 2.28. The molecule has 0 unspecified atom stereocenters. The van der Waals surface area contributed by atoms with Crippen molar-refractivity contribution < 1.29 is 23.9 Å². The molecule has 0 radical (unpaired) electrons. The number of hydrogen-bond acceptors (Lipinski definition) is 6. The van der Waals surface area contributed by atoms with Gasteiger partial charge >= 0.3 is 0 Å². The number of anilines is 2. The highest BCUT2D eigenvalue weighted by atomic mass is 79.9. The van der Waals surface area contributed by atoms with Crippen molar-refractivity contribution in [1.82, 2.24) is 5.32 Å². The maximum atomic E-state index is 13.2. The average Bonchev–Trinajstić information content (AvgIpc) is 3.36. The number of thiophene rings is 1. The van der Waals surface area contributed by atoms with Gasteiger partial charge in [-0.3, -0.25) is 14.4 Å². The second-order valence-corrected chi connectivity index (χ2v) is 10.3. The zero-order valence-electron chi connectivity index (χ0n) is 17.6. The zero-order valence-corrected chi connectivity index (χ0v) is 20.0. The summed E-state index contributed by atoms with van der Waals surface area (Å²) in [6.45, 7) is 3.81. The predicted octanol–water partition coefficient (Wildman–Crippen LogP) is 3.10. The molecule has 2 saturated heterocycles. The quantitative estimate of drug-likeness (QED) is 0.629. The molecule has 2 aromatic rings. The van der Waals surface area contributed by atoms with Crippen LogP contribution in [0.4, 0.5) is 11.4 Å². The standard InChI is InChI=1S/C22H24BrN3O5S/c1-14-12-15(2-3-16(14)26-8-11-30-9-6-19(26)27)24-21(29)22(7-10-31-13-22)25-20(28)17-4-5-18(23)32-17/h2-5,12H,6-11,13H2,1H3,(H,24,29)(H,25,28)/t22-/m1/s1. The molecule has 2 aliphatic rings. The van der Waals surface area contributed by atoms with Gasteiger partial charge in [-0.05, 0) is 58.7 Å². The van der Waals surface area contributed by atoms with E-state index in [0.29, 0.717) is 49.8 Å². The van der Waals surface area contributed by atoms with Crippen LogP contribution in [0.5, 0.6) is 0 Å². The second-order valence-electron chi connectivity index (χ2n) is 7.81. The molecule has 2 N–H and O–H groups in total. The van der Waals surface area contributed by atoms with Crippen LogP contribution in [-0.4, -0.2) is 56.2 Å². The molecule has 4 rings (SSSR count). The lowest BCUT2D eigenvalue weighted by molar-refractivity contribution is -0.122. The first-order valence-electron chi connectivity index (χ1n) is 10.3. The molecule has 0 aliphatic carbocycles. The van der Waals surface area contributed by atoms with Gasteiger partial charge in [0.1, 0.15) is 5.54 Å². The van der Waals surface area contributed by atoms with Gasteiger partial charge in [-0.2, -0.15) is 0 Å². The van der Waals surface area contributed by atoms with Crippen LogP contribution in [0.3, 0.4) is 0 Å². The number of amides is 3. The minimum atomic E-state index is -1.14. The summed E-state index contributed by atoms with van der Waals surface area (Å²) in [5.74, 6) is -0.618. The lowest BCUT2D eigenvalue weighted by Gasteiger charge is -2.28. The number of nitrogens with zero attached hydrogens (tertiary/aromatic N) is 1. The van der Waals surface area contributed by atoms with E-state index in [2.05, 4.69) is 26.6 Å². The normalized spacial score (nSPS) is 21.3. The van der Waals surface area contributed by atoms with E-state index < -0.39 is 5.54 Å². The fraction of sp³-hybridized carbons (Fsp3) is 0.409. The van der Waals surface area contributed by atoms with E-state index in [1.165, 1.54) is 11.3 Å². The largest absolute Gasteiger partial charge is 0.379 e. The van der Waals surface area contributed by atoms with Gasteiger partial charge in [0.05, 0.1) is 34.9 Å². The van der Waals surface area contributed by atoms with E-state index in [0.717, 1.165) is 15.0 Å². The zero-order chi connectivity index (χ0) is 22.7. The Balaban J connectivity index is 1.49. The van der Waals surface area contributed by atoms with Gasteiger partial charge in [-0.15, -0.1) is 11.3 Å². The van der Waals surface area contributed by atoms with Crippen molar-refractivity contribution in [2.24, 2.45) is 0 Å². The molecule has 170 valence electrons. The molecule has 0 spiro atoms. The molecule has 8 nitrogen and oxygen atoms in total. The molecule has 1 aromatic heterocycles. The smallest absolute Gasteiger partial charge is 0.262 e. The summed E-state index contributed by atoms with van der Waals surface area (Å²) in [6, 6.07) is 8.93. The number of rotatable bonds is 5. The average molecular weight is 522 g/mol. The van der Waals surface area contributed by atoms with Crippen LogP contribution in [0.2, 0.25) is 0 Å².